The highest BCUT2D eigenvalue weighted by molar-refractivity contribution is 7.99. The Morgan fingerprint density at radius 2 is 1.88 bits per heavy atom. The number of amides is 2. The van der Waals surface area contributed by atoms with E-state index in [1.807, 2.05) is 60.7 Å². The number of hydrogen-bond acceptors (Lipinski definition) is 5. The van der Waals surface area contributed by atoms with Crippen molar-refractivity contribution in [2.75, 3.05) is 17.6 Å². The van der Waals surface area contributed by atoms with Crippen LogP contribution in [0, 0.1) is 0 Å². The molecule has 1 aliphatic rings. The Kier molecular flexibility index (Phi) is 6.08. The molecule has 1 fully saturated rings. The number of anilines is 1. The van der Waals surface area contributed by atoms with Crippen molar-refractivity contribution >= 4 is 40.3 Å². The van der Waals surface area contributed by atoms with Crippen LogP contribution >= 0.6 is 11.8 Å². The minimum Gasteiger partial charge on any atom is -0.333 e. The highest BCUT2D eigenvalue weighted by Crippen LogP contribution is 2.27. The van der Waals surface area contributed by atoms with Crippen molar-refractivity contribution in [3.05, 3.63) is 72.9 Å². The number of carbonyl (C=O) groups is 2. The van der Waals surface area contributed by atoms with E-state index < -0.39 is 6.04 Å². The normalized spacial score (nSPS) is 15.6. The minimum atomic E-state index is -0.488. The topological polar surface area (TPSA) is 91.0 Å². The Morgan fingerprint density at radius 3 is 2.73 bits per heavy atom. The van der Waals surface area contributed by atoms with Crippen LogP contribution in [0.3, 0.4) is 0 Å². The molecule has 3 heterocycles. The average Bonchev–Trinajstić information content (AvgIpc) is 3.51. The second-order valence-corrected chi connectivity index (χ2v) is 8.81. The molecule has 2 N–H and O–H groups in total. The van der Waals surface area contributed by atoms with Gasteiger partial charge in [0.25, 0.3) is 0 Å². The molecule has 1 aliphatic heterocycles. The summed E-state index contributed by atoms with van der Waals surface area (Å²) >= 11 is 1.36. The Labute approximate surface area is 195 Å². The maximum Gasteiger partial charge on any atom is 0.247 e. The second-order valence-electron chi connectivity index (χ2n) is 7.85. The van der Waals surface area contributed by atoms with Crippen LogP contribution in [-0.2, 0) is 9.59 Å². The molecule has 1 atom stereocenters. The molecule has 0 unspecified atom stereocenters. The van der Waals surface area contributed by atoms with Crippen LogP contribution < -0.4 is 5.32 Å². The van der Waals surface area contributed by atoms with Crippen molar-refractivity contribution in [1.82, 2.24) is 19.9 Å². The number of aromatic amines is 1. The first-order valence-corrected chi connectivity index (χ1v) is 11.9. The Hall–Kier alpha value is -3.65. The number of imidazole rings is 1. The van der Waals surface area contributed by atoms with Crippen molar-refractivity contribution in [2.24, 2.45) is 0 Å². The SMILES string of the molecule is O=C(Nc1cccnc1-c1ccccc1)[C@@H]1CCCN1C(=O)CSc1nc2ccccc2[nH]1. The molecule has 8 heteroatoms. The maximum atomic E-state index is 13.1. The summed E-state index contributed by atoms with van der Waals surface area (Å²) in [6.07, 6.45) is 3.16. The quantitative estimate of drug-likeness (QED) is 0.420. The summed E-state index contributed by atoms with van der Waals surface area (Å²) in [5, 5.41) is 3.71. The van der Waals surface area contributed by atoms with Gasteiger partial charge < -0.3 is 15.2 Å². The summed E-state index contributed by atoms with van der Waals surface area (Å²) in [7, 11) is 0. The van der Waals surface area contributed by atoms with Gasteiger partial charge in [-0.25, -0.2) is 4.98 Å². The van der Waals surface area contributed by atoms with E-state index in [0.717, 1.165) is 23.0 Å². The number of hydrogen-bond donors (Lipinski definition) is 2. The summed E-state index contributed by atoms with van der Waals surface area (Å²) in [6, 6.07) is 20.6. The number of H-pyrrole nitrogens is 1. The van der Waals surface area contributed by atoms with E-state index in [0.29, 0.717) is 29.5 Å². The van der Waals surface area contributed by atoms with E-state index in [9.17, 15) is 9.59 Å². The molecule has 1 saturated heterocycles. The molecule has 166 valence electrons. The van der Waals surface area contributed by atoms with Crippen molar-refractivity contribution in [1.29, 1.82) is 0 Å². The highest BCUT2D eigenvalue weighted by atomic mass is 32.2. The summed E-state index contributed by atoms with van der Waals surface area (Å²) in [5.74, 6) is -0.0153. The number of thioether (sulfide) groups is 1. The summed E-state index contributed by atoms with van der Waals surface area (Å²) in [4.78, 5) is 40.0. The van der Waals surface area contributed by atoms with Gasteiger partial charge in [-0.1, -0.05) is 54.2 Å². The lowest BCUT2D eigenvalue weighted by Crippen LogP contribution is -2.44. The largest absolute Gasteiger partial charge is 0.333 e. The minimum absolute atomic E-state index is 0.0624. The molecule has 2 aromatic carbocycles. The van der Waals surface area contributed by atoms with Crippen molar-refractivity contribution in [3.8, 4) is 11.3 Å². The maximum absolute atomic E-state index is 13.1. The predicted octanol–water partition coefficient (Wildman–Crippen LogP) is 4.35. The molecular formula is C25H23N5O2S. The number of para-hydroxylation sites is 2. The number of nitrogens with one attached hydrogen (secondary N) is 2. The number of rotatable bonds is 6. The Bertz CT molecular complexity index is 1260. The van der Waals surface area contributed by atoms with Crippen LogP contribution in [0.2, 0.25) is 0 Å². The van der Waals surface area contributed by atoms with Gasteiger partial charge in [0, 0.05) is 18.3 Å². The number of pyridine rings is 1. The van der Waals surface area contributed by atoms with Crippen LogP contribution in [-0.4, -0.2) is 50.0 Å². The monoisotopic (exact) mass is 457 g/mol. The fourth-order valence-corrected chi connectivity index (χ4v) is 4.87. The summed E-state index contributed by atoms with van der Waals surface area (Å²) < 4.78 is 0. The zero-order chi connectivity index (χ0) is 22.6. The summed E-state index contributed by atoms with van der Waals surface area (Å²) in [6.45, 7) is 0.580. The smallest absolute Gasteiger partial charge is 0.247 e. The van der Waals surface area contributed by atoms with Gasteiger partial charge in [-0.15, -0.1) is 0 Å². The number of benzene rings is 2. The van der Waals surface area contributed by atoms with Crippen LogP contribution in [0.25, 0.3) is 22.3 Å². The predicted molar refractivity (Wildman–Crippen MR) is 130 cm³/mol. The molecule has 7 nitrogen and oxygen atoms in total. The lowest BCUT2D eigenvalue weighted by Gasteiger charge is -2.24. The number of likely N-dealkylation sites (tertiary alicyclic amines) is 1. The number of carbonyl (C=O) groups excluding carboxylic acids is 2. The zero-order valence-corrected chi connectivity index (χ0v) is 18.7. The van der Waals surface area contributed by atoms with Crippen LogP contribution in [0.4, 0.5) is 5.69 Å². The molecule has 0 spiro atoms. The van der Waals surface area contributed by atoms with Gasteiger partial charge in [0.15, 0.2) is 5.16 Å². The van der Waals surface area contributed by atoms with Gasteiger partial charge in [-0.3, -0.25) is 14.6 Å². The van der Waals surface area contributed by atoms with E-state index >= 15 is 0 Å². The molecule has 4 aromatic rings. The first-order valence-electron chi connectivity index (χ1n) is 10.9. The van der Waals surface area contributed by atoms with E-state index in [1.54, 1.807) is 17.2 Å². The molecule has 33 heavy (non-hydrogen) atoms. The third-order valence-electron chi connectivity index (χ3n) is 5.69. The Morgan fingerprint density at radius 1 is 1.06 bits per heavy atom. The lowest BCUT2D eigenvalue weighted by atomic mass is 10.1. The first-order chi connectivity index (χ1) is 16.2. The summed E-state index contributed by atoms with van der Waals surface area (Å²) in [5.41, 5.74) is 4.09. The van der Waals surface area contributed by atoms with Crippen LogP contribution in [0.5, 0.6) is 0 Å². The van der Waals surface area contributed by atoms with Gasteiger partial charge in [-0.05, 0) is 37.1 Å². The molecule has 2 amide bonds. The lowest BCUT2D eigenvalue weighted by molar-refractivity contribution is -0.134. The fraction of sp³-hybridized carbons (Fsp3) is 0.200. The van der Waals surface area contributed by atoms with Crippen LogP contribution in [0.1, 0.15) is 12.8 Å². The van der Waals surface area contributed by atoms with Gasteiger partial charge in [0.1, 0.15) is 6.04 Å². The van der Waals surface area contributed by atoms with Crippen molar-refractivity contribution in [2.45, 2.75) is 24.0 Å². The van der Waals surface area contributed by atoms with E-state index in [-0.39, 0.29) is 17.6 Å². The van der Waals surface area contributed by atoms with Crippen LogP contribution in [0.15, 0.2) is 78.1 Å². The number of nitrogens with zero attached hydrogens (tertiary/aromatic N) is 3. The van der Waals surface area contributed by atoms with Gasteiger partial charge in [0.2, 0.25) is 11.8 Å². The molecule has 0 radical (unpaired) electrons. The van der Waals surface area contributed by atoms with Crippen molar-refractivity contribution < 1.29 is 9.59 Å². The van der Waals surface area contributed by atoms with Gasteiger partial charge in [0.05, 0.1) is 28.2 Å². The zero-order valence-electron chi connectivity index (χ0n) is 17.9. The molecule has 0 bridgehead atoms. The van der Waals surface area contributed by atoms with Gasteiger partial charge >= 0.3 is 0 Å². The highest BCUT2D eigenvalue weighted by Gasteiger charge is 2.34. The molecular weight excluding hydrogens is 434 g/mol. The van der Waals surface area contributed by atoms with E-state index in [2.05, 4.69) is 20.3 Å². The molecule has 5 rings (SSSR count). The Balaban J connectivity index is 1.26. The van der Waals surface area contributed by atoms with Crippen molar-refractivity contribution in [3.63, 3.8) is 0 Å². The fourth-order valence-electron chi connectivity index (χ4n) is 4.10. The third-order valence-corrected chi connectivity index (χ3v) is 6.55. The van der Waals surface area contributed by atoms with E-state index in [4.69, 9.17) is 0 Å². The standard InChI is InChI=1S/C25H23N5O2S/c31-22(16-33-25-28-18-10-4-5-11-19(18)29-25)30-15-7-13-21(30)24(32)27-20-12-6-14-26-23(20)17-8-2-1-3-9-17/h1-6,8-12,14,21H,7,13,15-16H2,(H,27,32)(H,28,29)/t21-/m0/s1. The number of fused-ring (bicyclic) bond motifs is 1. The molecule has 0 aliphatic carbocycles. The van der Waals surface area contributed by atoms with E-state index in [1.165, 1.54) is 11.8 Å². The average molecular weight is 458 g/mol. The second kappa shape index (κ2) is 9.46. The third kappa shape index (κ3) is 4.61. The van der Waals surface area contributed by atoms with Gasteiger partial charge in [-0.2, -0.15) is 0 Å². The molecule has 2 aromatic heterocycles. The number of aromatic nitrogens is 3. The first kappa shape index (κ1) is 21.2. The molecule has 0 saturated carbocycles.